The Morgan fingerprint density at radius 1 is 1.05 bits per heavy atom. The van der Waals surface area contributed by atoms with Crippen LogP contribution in [-0.2, 0) is 23.8 Å². The Morgan fingerprint density at radius 2 is 1.72 bits per heavy atom. The first-order chi connectivity index (χ1) is 18.7. The van der Waals surface area contributed by atoms with E-state index < -0.39 is 54.9 Å². The molecule has 0 radical (unpaired) electrons. The predicted octanol–water partition coefficient (Wildman–Crippen LogP) is 2.65. The zero-order valence-electron chi connectivity index (χ0n) is 23.3. The second kappa shape index (κ2) is 15.7. The summed E-state index contributed by atoms with van der Waals surface area (Å²) >= 11 is 0. The van der Waals surface area contributed by atoms with Gasteiger partial charge in [-0.15, -0.1) is 0 Å². The average molecular weight is 555 g/mol. The molecular weight excluding hydrogens is 508 g/mol. The number of carbonyl (C=O) groups excluding carboxylic acids is 3. The lowest BCUT2D eigenvalue weighted by Gasteiger charge is -2.40. The fraction of sp³-hybridized carbons (Fsp3) is 0.821. The van der Waals surface area contributed by atoms with E-state index in [1.807, 2.05) is 0 Å². The molecule has 0 aromatic heterocycles. The van der Waals surface area contributed by atoms with Crippen LogP contribution in [0.15, 0.2) is 12.0 Å². The maximum absolute atomic E-state index is 12.9. The minimum absolute atomic E-state index is 0.146. The largest absolute Gasteiger partial charge is 0.417 e. The van der Waals surface area contributed by atoms with E-state index in [1.165, 1.54) is 37.0 Å². The van der Waals surface area contributed by atoms with Crippen molar-refractivity contribution in [1.82, 2.24) is 10.2 Å². The third kappa shape index (κ3) is 9.24. The van der Waals surface area contributed by atoms with Crippen LogP contribution in [-0.4, -0.2) is 87.4 Å². The number of rotatable bonds is 15. The Bertz CT molecular complexity index is 851. The molecule has 11 heteroatoms. The number of ketones is 1. The van der Waals surface area contributed by atoms with Gasteiger partial charge in [0.25, 0.3) is 0 Å². The zero-order valence-corrected chi connectivity index (χ0v) is 23.3. The van der Waals surface area contributed by atoms with E-state index in [0.29, 0.717) is 19.4 Å². The quantitative estimate of drug-likeness (QED) is 0.224. The Labute approximate surface area is 230 Å². The summed E-state index contributed by atoms with van der Waals surface area (Å²) in [6.45, 7) is 4.19. The summed E-state index contributed by atoms with van der Waals surface area (Å²) < 4.78 is 16.8. The van der Waals surface area contributed by atoms with Gasteiger partial charge in [-0.05, 0) is 26.2 Å². The van der Waals surface area contributed by atoms with Crippen LogP contribution in [0.5, 0.6) is 0 Å². The first kappa shape index (κ1) is 31.5. The molecule has 3 heterocycles. The molecule has 2 saturated heterocycles. The highest BCUT2D eigenvalue weighted by Gasteiger charge is 2.43. The average Bonchev–Trinajstić information content (AvgIpc) is 3.36. The van der Waals surface area contributed by atoms with Crippen LogP contribution in [0.4, 0.5) is 4.79 Å². The number of nitrogens with zero attached hydrogens (tertiary/aromatic N) is 1. The van der Waals surface area contributed by atoms with Gasteiger partial charge in [0.05, 0.1) is 24.7 Å². The van der Waals surface area contributed by atoms with Gasteiger partial charge < -0.3 is 29.5 Å². The molecule has 39 heavy (non-hydrogen) atoms. The van der Waals surface area contributed by atoms with E-state index >= 15 is 0 Å². The van der Waals surface area contributed by atoms with Crippen LogP contribution in [0.3, 0.4) is 0 Å². The molecule has 3 aliphatic heterocycles. The highest BCUT2D eigenvalue weighted by Crippen LogP contribution is 2.26. The van der Waals surface area contributed by atoms with Crippen molar-refractivity contribution in [3.8, 4) is 0 Å². The molecule has 0 aromatic rings. The van der Waals surface area contributed by atoms with Crippen molar-refractivity contribution in [3.05, 3.63) is 12.0 Å². The molecule has 0 aromatic carbocycles. The summed E-state index contributed by atoms with van der Waals surface area (Å²) in [5.74, 6) is -1.03. The Hall–Kier alpha value is -2.05. The van der Waals surface area contributed by atoms with Crippen LogP contribution in [0.25, 0.3) is 0 Å². The Kier molecular flexibility index (Phi) is 12.6. The molecule has 3 aliphatic rings. The smallest absolute Gasteiger partial charge is 0.393 e. The molecule has 0 bridgehead atoms. The summed E-state index contributed by atoms with van der Waals surface area (Å²) in [7, 11) is 0. The van der Waals surface area contributed by atoms with Gasteiger partial charge in [-0.3, -0.25) is 19.8 Å². The second-order valence-corrected chi connectivity index (χ2v) is 10.9. The van der Waals surface area contributed by atoms with Crippen molar-refractivity contribution in [2.75, 3.05) is 6.54 Å². The number of ether oxygens (including phenoxy) is 3. The molecule has 2 fully saturated rings. The van der Waals surface area contributed by atoms with Crippen LogP contribution in [0, 0.1) is 0 Å². The van der Waals surface area contributed by atoms with Gasteiger partial charge >= 0.3 is 6.09 Å². The van der Waals surface area contributed by atoms with Gasteiger partial charge in [0.1, 0.15) is 18.3 Å². The zero-order chi connectivity index (χ0) is 28.4. The Balaban J connectivity index is 1.55. The van der Waals surface area contributed by atoms with Crippen molar-refractivity contribution in [1.29, 1.82) is 0 Å². The lowest BCUT2D eigenvalue weighted by Crippen LogP contribution is -2.58. The van der Waals surface area contributed by atoms with Gasteiger partial charge in [0.2, 0.25) is 11.8 Å². The maximum Gasteiger partial charge on any atom is 0.417 e. The lowest BCUT2D eigenvalue weighted by molar-refractivity contribution is -0.304. The fourth-order valence-corrected chi connectivity index (χ4v) is 5.36. The van der Waals surface area contributed by atoms with Gasteiger partial charge in [0.15, 0.2) is 12.1 Å². The number of hydrogen-bond acceptors (Lipinski definition) is 9. The predicted molar refractivity (Wildman–Crippen MR) is 141 cm³/mol. The van der Waals surface area contributed by atoms with Crippen LogP contribution in [0.2, 0.25) is 0 Å². The lowest BCUT2D eigenvalue weighted by atomic mass is 9.99. The van der Waals surface area contributed by atoms with Crippen LogP contribution in [0.1, 0.15) is 97.3 Å². The molecule has 0 saturated carbocycles. The summed E-state index contributed by atoms with van der Waals surface area (Å²) in [6, 6.07) is -0.566. The summed E-state index contributed by atoms with van der Waals surface area (Å²) in [5, 5.41) is 33.0. The number of aliphatic hydroxyl groups excluding tert-OH is 3. The van der Waals surface area contributed by atoms with Crippen molar-refractivity contribution in [2.24, 2.45) is 0 Å². The van der Waals surface area contributed by atoms with Gasteiger partial charge in [-0.2, -0.15) is 0 Å². The first-order valence-corrected chi connectivity index (χ1v) is 14.6. The molecule has 0 unspecified atom stereocenters. The molecule has 222 valence electrons. The molecule has 2 amide bonds. The standard InChI is InChI=1S/C28H46N2O9/c1-3-4-5-6-7-8-9-10-11-13-19(38-27-26(35)25(34)24(33)18(2)37-27)16-22(32)29-23-17-21(31)20-14-12-15-30(20)28(36)39-23/h17-20,24-27,33-35H,3-16H2,1-2H3,(H,29,32)/t18-,19+,20+,24-,25+,26+,27-/m0/s1. The molecule has 0 aliphatic carbocycles. The van der Waals surface area contributed by atoms with Crippen molar-refractivity contribution >= 4 is 17.8 Å². The summed E-state index contributed by atoms with van der Waals surface area (Å²) in [4.78, 5) is 39.2. The fourth-order valence-electron chi connectivity index (χ4n) is 5.36. The van der Waals surface area contributed by atoms with Gasteiger partial charge in [-0.1, -0.05) is 64.7 Å². The number of unbranched alkanes of at least 4 members (excludes halogenated alkanes) is 8. The van der Waals surface area contributed by atoms with E-state index in [0.717, 1.165) is 38.2 Å². The second-order valence-electron chi connectivity index (χ2n) is 10.9. The van der Waals surface area contributed by atoms with E-state index in [9.17, 15) is 29.7 Å². The maximum atomic E-state index is 12.9. The highest BCUT2D eigenvalue weighted by molar-refractivity contribution is 5.98. The van der Waals surface area contributed by atoms with E-state index in [1.54, 1.807) is 6.92 Å². The molecule has 0 spiro atoms. The first-order valence-electron chi connectivity index (χ1n) is 14.6. The monoisotopic (exact) mass is 554 g/mol. The van der Waals surface area contributed by atoms with Gasteiger partial charge in [0, 0.05) is 12.6 Å². The normalized spacial score (nSPS) is 29.9. The summed E-state index contributed by atoms with van der Waals surface area (Å²) in [6.07, 6.45) is 5.39. The number of nitrogens with one attached hydrogen (secondary N) is 1. The third-order valence-corrected chi connectivity index (χ3v) is 7.73. The molecular formula is C28H46N2O9. The summed E-state index contributed by atoms with van der Waals surface area (Å²) in [5.41, 5.74) is 0. The number of cyclic esters (lactones) is 1. The highest BCUT2D eigenvalue weighted by atomic mass is 16.7. The molecule has 3 rings (SSSR count). The molecule has 4 N–H and O–H groups in total. The minimum atomic E-state index is -1.48. The van der Waals surface area contributed by atoms with E-state index in [-0.39, 0.29) is 18.1 Å². The number of fused-ring (bicyclic) bond motifs is 1. The number of amides is 2. The number of aliphatic hydroxyl groups is 3. The van der Waals surface area contributed by atoms with E-state index in [2.05, 4.69) is 12.2 Å². The van der Waals surface area contributed by atoms with Crippen LogP contribution < -0.4 is 5.32 Å². The SMILES string of the molecule is CCCCCCCCCCC[C@H](CC(=O)NC1=CC(=O)[C@H]2CCCN2C(=O)O1)O[C@@H]1O[C@@H](C)[C@H](O)[C@@H](O)[C@H]1O. The molecule has 11 nitrogen and oxygen atoms in total. The number of carbonyl (C=O) groups is 3. The van der Waals surface area contributed by atoms with Crippen LogP contribution >= 0.6 is 0 Å². The van der Waals surface area contributed by atoms with Gasteiger partial charge in [-0.25, -0.2) is 4.79 Å². The molecule has 7 atom stereocenters. The number of hydrogen-bond donors (Lipinski definition) is 4. The van der Waals surface area contributed by atoms with E-state index in [4.69, 9.17) is 14.2 Å². The minimum Gasteiger partial charge on any atom is -0.393 e. The van der Waals surface area contributed by atoms with Crippen molar-refractivity contribution in [3.63, 3.8) is 0 Å². The Morgan fingerprint density at radius 3 is 2.41 bits per heavy atom. The van der Waals surface area contributed by atoms with Crippen molar-refractivity contribution in [2.45, 2.75) is 140 Å². The third-order valence-electron chi connectivity index (χ3n) is 7.73. The topological polar surface area (TPSA) is 155 Å². The van der Waals surface area contributed by atoms with Crippen molar-refractivity contribution < 1.29 is 43.9 Å².